The standard InChI is InChI=1S/C21H17FN6OS/c22-16-4-3-15(8-14(16)9-25-17-2-1-6-24-20(17)23)28-21(29)19-11-26-18(10-27-19)13-5-7-30-12-13/h1-8,10-12,25H,9H2,(H2,23,24)(H,28,29). The van der Waals surface area contributed by atoms with Gasteiger partial charge in [-0.05, 0) is 41.8 Å². The molecule has 0 aliphatic heterocycles. The van der Waals surface area contributed by atoms with E-state index < -0.39 is 11.7 Å². The zero-order valence-corrected chi connectivity index (χ0v) is 16.5. The molecule has 7 nitrogen and oxygen atoms in total. The van der Waals surface area contributed by atoms with Crippen LogP contribution in [0.15, 0.2) is 65.7 Å². The molecule has 0 saturated carbocycles. The first-order valence-electron chi connectivity index (χ1n) is 8.99. The van der Waals surface area contributed by atoms with Crippen molar-refractivity contribution in [2.24, 2.45) is 0 Å². The van der Waals surface area contributed by atoms with Crippen molar-refractivity contribution in [3.05, 3.63) is 82.8 Å². The third kappa shape index (κ3) is 4.41. The number of hydrogen-bond acceptors (Lipinski definition) is 7. The van der Waals surface area contributed by atoms with Crippen LogP contribution in [-0.2, 0) is 6.54 Å². The fourth-order valence-electron chi connectivity index (χ4n) is 2.75. The Balaban J connectivity index is 1.44. The van der Waals surface area contributed by atoms with Crippen LogP contribution >= 0.6 is 11.3 Å². The molecule has 0 spiro atoms. The SMILES string of the molecule is Nc1ncccc1NCc1cc(NC(=O)c2cnc(-c3ccsc3)cn2)ccc1F. The van der Waals surface area contributed by atoms with Crippen molar-refractivity contribution in [2.75, 3.05) is 16.4 Å². The van der Waals surface area contributed by atoms with Crippen molar-refractivity contribution in [1.82, 2.24) is 15.0 Å². The summed E-state index contributed by atoms with van der Waals surface area (Å²) < 4.78 is 14.2. The molecule has 4 aromatic rings. The second-order valence-electron chi connectivity index (χ2n) is 6.35. The topological polar surface area (TPSA) is 106 Å². The third-order valence-electron chi connectivity index (χ3n) is 4.31. The van der Waals surface area contributed by atoms with Gasteiger partial charge in [0.15, 0.2) is 0 Å². The summed E-state index contributed by atoms with van der Waals surface area (Å²) in [6, 6.07) is 9.76. The van der Waals surface area contributed by atoms with Gasteiger partial charge in [-0.25, -0.2) is 14.4 Å². The van der Waals surface area contributed by atoms with Crippen LogP contribution in [-0.4, -0.2) is 20.9 Å². The molecular formula is C21H17FN6OS. The van der Waals surface area contributed by atoms with Gasteiger partial charge < -0.3 is 16.4 Å². The Morgan fingerprint density at radius 3 is 2.77 bits per heavy atom. The fourth-order valence-corrected chi connectivity index (χ4v) is 3.39. The van der Waals surface area contributed by atoms with Crippen molar-refractivity contribution >= 4 is 34.4 Å². The zero-order chi connectivity index (χ0) is 20.9. The summed E-state index contributed by atoms with van der Waals surface area (Å²) in [6.45, 7) is 0.181. The maximum atomic E-state index is 14.2. The predicted molar refractivity (Wildman–Crippen MR) is 116 cm³/mol. The monoisotopic (exact) mass is 420 g/mol. The molecule has 3 aromatic heterocycles. The van der Waals surface area contributed by atoms with E-state index in [1.165, 1.54) is 18.3 Å². The van der Waals surface area contributed by atoms with Crippen molar-refractivity contribution in [3.8, 4) is 11.3 Å². The summed E-state index contributed by atoms with van der Waals surface area (Å²) in [5.74, 6) is -0.504. The third-order valence-corrected chi connectivity index (χ3v) is 5.00. The smallest absolute Gasteiger partial charge is 0.275 e. The van der Waals surface area contributed by atoms with Gasteiger partial charge in [0, 0.05) is 34.9 Å². The van der Waals surface area contributed by atoms with Crippen molar-refractivity contribution in [2.45, 2.75) is 6.54 Å². The van der Waals surface area contributed by atoms with E-state index in [1.54, 1.807) is 41.9 Å². The summed E-state index contributed by atoms with van der Waals surface area (Å²) in [5.41, 5.74) is 9.02. The summed E-state index contributed by atoms with van der Waals surface area (Å²) in [4.78, 5) is 24.9. The molecule has 0 fully saturated rings. The number of benzene rings is 1. The van der Waals surface area contributed by atoms with Crippen LogP contribution in [0.4, 0.5) is 21.6 Å². The van der Waals surface area contributed by atoms with Gasteiger partial charge in [-0.15, -0.1) is 0 Å². The predicted octanol–water partition coefficient (Wildman–Crippen LogP) is 4.19. The van der Waals surface area contributed by atoms with E-state index in [4.69, 9.17) is 5.73 Å². The summed E-state index contributed by atoms with van der Waals surface area (Å²) in [7, 11) is 0. The van der Waals surface area contributed by atoms with E-state index in [-0.39, 0.29) is 12.2 Å². The van der Waals surface area contributed by atoms with Crippen LogP contribution in [0.5, 0.6) is 0 Å². The quantitative estimate of drug-likeness (QED) is 0.432. The van der Waals surface area contributed by atoms with E-state index in [2.05, 4.69) is 25.6 Å². The molecule has 4 rings (SSSR count). The number of thiophene rings is 1. The molecule has 0 radical (unpaired) electrons. The highest BCUT2D eigenvalue weighted by Crippen LogP contribution is 2.21. The minimum absolute atomic E-state index is 0.168. The molecule has 0 bridgehead atoms. The lowest BCUT2D eigenvalue weighted by molar-refractivity contribution is 0.102. The molecule has 9 heteroatoms. The van der Waals surface area contributed by atoms with Crippen molar-refractivity contribution in [1.29, 1.82) is 0 Å². The van der Waals surface area contributed by atoms with Gasteiger partial charge in [-0.2, -0.15) is 11.3 Å². The van der Waals surface area contributed by atoms with Crippen molar-refractivity contribution < 1.29 is 9.18 Å². The molecule has 1 aromatic carbocycles. The van der Waals surface area contributed by atoms with Crippen LogP contribution in [0.2, 0.25) is 0 Å². The Hall–Kier alpha value is -3.85. The number of anilines is 3. The molecule has 0 atom stereocenters. The number of rotatable bonds is 6. The minimum Gasteiger partial charge on any atom is -0.382 e. The Morgan fingerprint density at radius 1 is 1.13 bits per heavy atom. The zero-order valence-electron chi connectivity index (χ0n) is 15.7. The normalized spacial score (nSPS) is 10.6. The Bertz CT molecular complexity index is 1160. The maximum absolute atomic E-state index is 14.2. The Morgan fingerprint density at radius 2 is 2.03 bits per heavy atom. The minimum atomic E-state index is -0.429. The van der Waals surface area contributed by atoms with Crippen LogP contribution in [0, 0.1) is 5.82 Å². The second-order valence-corrected chi connectivity index (χ2v) is 7.13. The van der Waals surface area contributed by atoms with Gasteiger partial charge in [0.2, 0.25) is 0 Å². The average Bonchev–Trinajstić information content (AvgIpc) is 3.30. The van der Waals surface area contributed by atoms with Gasteiger partial charge in [0.25, 0.3) is 5.91 Å². The molecule has 0 unspecified atom stereocenters. The number of aromatic nitrogens is 3. The first kappa shape index (κ1) is 19.5. The van der Waals surface area contributed by atoms with E-state index >= 15 is 0 Å². The lowest BCUT2D eigenvalue weighted by Gasteiger charge is -2.11. The van der Waals surface area contributed by atoms with E-state index in [0.29, 0.717) is 28.5 Å². The Kier molecular flexibility index (Phi) is 5.62. The molecule has 0 saturated heterocycles. The number of nitrogen functional groups attached to an aromatic ring is 1. The lowest BCUT2D eigenvalue weighted by atomic mass is 10.1. The van der Waals surface area contributed by atoms with Gasteiger partial charge >= 0.3 is 0 Å². The molecule has 150 valence electrons. The lowest BCUT2D eigenvalue weighted by Crippen LogP contribution is -2.14. The number of halogens is 1. The van der Waals surface area contributed by atoms with Gasteiger partial charge in [-0.3, -0.25) is 9.78 Å². The van der Waals surface area contributed by atoms with E-state index in [0.717, 1.165) is 5.56 Å². The van der Waals surface area contributed by atoms with Gasteiger partial charge in [0.05, 0.1) is 23.8 Å². The van der Waals surface area contributed by atoms with Gasteiger partial charge in [0.1, 0.15) is 17.3 Å². The van der Waals surface area contributed by atoms with Gasteiger partial charge in [-0.1, -0.05) is 0 Å². The summed E-state index contributed by atoms with van der Waals surface area (Å²) in [6.07, 6.45) is 4.54. The molecule has 0 aliphatic carbocycles. The highest BCUT2D eigenvalue weighted by Gasteiger charge is 2.11. The fraction of sp³-hybridized carbons (Fsp3) is 0.0476. The second kappa shape index (κ2) is 8.66. The number of nitrogens with two attached hydrogens (primary N) is 1. The van der Waals surface area contributed by atoms with Crippen LogP contribution in [0.25, 0.3) is 11.3 Å². The molecule has 1 amide bonds. The van der Waals surface area contributed by atoms with E-state index in [9.17, 15) is 9.18 Å². The molecule has 0 aliphatic rings. The highest BCUT2D eigenvalue weighted by atomic mass is 32.1. The first-order chi connectivity index (χ1) is 14.6. The number of amides is 1. The van der Waals surface area contributed by atoms with Crippen LogP contribution in [0.1, 0.15) is 16.1 Å². The largest absolute Gasteiger partial charge is 0.382 e. The number of carbonyl (C=O) groups excluding carboxylic acids is 1. The number of hydrogen-bond donors (Lipinski definition) is 3. The van der Waals surface area contributed by atoms with E-state index in [1.807, 2.05) is 16.8 Å². The summed E-state index contributed by atoms with van der Waals surface area (Å²) >= 11 is 1.56. The number of pyridine rings is 1. The molecule has 4 N–H and O–H groups in total. The average molecular weight is 420 g/mol. The first-order valence-corrected chi connectivity index (χ1v) is 9.93. The van der Waals surface area contributed by atoms with Crippen molar-refractivity contribution in [3.63, 3.8) is 0 Å². The Labute approximate surface area is 175 Å². The van der Waals surface area contributed by atoms with Crippen LogP contribution in [0.3, 0.4) is 0 Å². The number of nitrogens with zero attached hydrogens (tertiary/aromatic N) is 3. The highest BCUT2D eigenvalue weighted by molar-refractivity contribution is 7.08. The molecule has 30 heavy (non-hydrogen) atoms. The number of nitrogens with one attached hydrogen (secondary N) is 2. The molecule has 3 heterocycles. The molecular weight excluding hydrogens is 403 g/mol. The van der Waals surface area contributed by atoms with Crippen LogP contribution < -0.4 is 16.4 Å². The maximum Gasteiger partial charge on any atom is 0.275 e. The number of carbonyl (C=O) groups is 1. The summed E-state index contributed by atoms with van der Waals surface area (Å²) in [5, 5.41) is 9.66.